The lowest BCUT2D eigenvalue weighted by molar-refractivity contribution is -0.644. The Labute approximate surface area is 86.0 Å². The summed E-state index contributed by atoms with van der Waals surface area (Å²) in [7, 11) is 2.05. The standard InChI is InChI=1S/C3H10N2.CH4.2HI/c1-5-3-2-4;;;/h5H,2-4H2,1H3;1H4;2*1H. The molecule has 0 unspecified atom stereocenters. The zero-order valence-electron chi connectivity index (χ0n) is 4.45. The highest BCUT2D eigenvalue weighted by Crippen LogP contribution is 1.17. The highest BCUT2D eigenvalue weighted by molar-refractivity contribution is 4.03. The summed E-state index contributed by atoms with van der Waals surface area (Å²) in [6, 6.07) is 0. The molecule has 0 aromatic heterocycles. The van der Waals surface area contributed by atoms with Crippen LogP contribution >= 0.6 is 0 Å². The number of rotatable bonds is 2. The molecule has 0 aromatic rings. The smallest absolute Gasteiger partial charge is 0.125 e. The minimum atomic E-state index is 0. The Balaban J connectivity index is -0.0000000267. The van der Waals surface area contributed by atoms with Crippen molar-refractivity contribution in [2.24, 2.45) is 0 Å². The maximum atomic E-state index is 3.64. The first kappa shape index (κ1) is 22.8. The van der Waals surface area contributed by atoms with Crippen molar-refractivity contribution in [2.45, 2.75) is 7.43 Å². The SMILES string of the molecule is C.C[NH2+]CC[NH3+].[I-].[I-]. The summed E-state index contributed by atoms with van der Waals surface area (Å²) in [6.07, 6.45) is 0. The topological polar surface area (TPSA) is 44.2 Å². The summed E-state index contributed by atoms with van der Waals surface area (Å²) in [6.45, 7) is 2.19. The average molecular weight is 346 g/mol. The summed E-state index contributed by atoms with van der Waals surface area (Å²) in [4.78, 5) is 0. The predicted octanol–water partition coefficient (Wildman–Crippen LogP) is -7.93. The zero-order valence-corrected chi connectivity index (χ0v) is 8.77. The summed E-state index contributed by atoms with van der Waals surface area (Å²) in [5.74, 6) is 0. The lowest BCUT2D eigenvalue weighted by Crippen LogP contribution is -3.00. The minimum absolute atomic E-state index is 0. The fourth-order valence-corrected chi connectivity index (χ4v) is 0.204. The molecular weight excluding hydrogens is 330 g/mol. The third-order valence-electron chi connectivity index (χ3n) is 0.493. The van der Waals surface area contributed by atoms with E-state index in [1.54, 1.807) is 0 Å². The molecule has 0 aliphatic heterocycles. The van der Waals surface area contributed by atoms with Gasteiger partial charge in [-0.25, -0.2) is 0 Å². The van der Waals surface area contributed by atoms with Crippen molar-refractivity contribution in [3.63, 3.8) is 0 Å². The highest BCUT2D eigenvalue weighted by Gasteiger charge is 1.72. The fourth-order valence-electron chi connectivity index (χ4n) is 0.204. The van der Waals surface area contributed by atoms with Crippen molar-refractivity contribution in [3.8, 4) is 0 Å². The third-order valence-corrected chi connectivity index (χ3v) is 0.493. The van der Waals surface area contributed by atoms with Gasteiger partial charge in [-0.1, -0.05) is 7.43 Å². The number of halogens is 2. The van der Waals surface area contributed by atoms with Gasteiger partial charge in [0.05, 0.1) is 7.05 Å². The van der Waals surface area contributed by atoms with Gasteiger partial charge in [0.1, 0.15) is 13.1 Å². The van der Waals surface area contributed by atoms with Crippen LogP contribution in [0.4, 0.5) is 0 Å². The van der Waals surface area contributed by atoms with E-state index in [9.17, 15) is 0 Å². The van der Waals surface area contributed by atoms with Gasteiger partial charge in [-0.3, -0.25) is 0 Å². The molecule has 0 rings (SSSR count). The first-order valence-electron chi connectivity index (χ1n) is 1.99. The van der Waals surface area contributed by atoms with E-state index in [4.69, 9.17) is 0 Å². The van der Waals surface area contributed by atoms with E-state index in [1.165, 1.54) is 0 Å². The number of nitrogens with two attached hydrogens (primary N) is 1. The minimum Gasteiger partial charge on any atom is -1.00 e. The van der Waals surface area contributed by atoms with Crippen LogP contribution in [0.15, 0.2) is 0 Å². The molecule has 5 N–H and O–H groups in total. The Morgan fingerprint density at radius 1 is 1.38 bits per heavy atom. The molecule has 0 aliphatic carbocycles. The van der Waals surface area contributed by atoms with Gasteiger partial charge in [0.25, 0.3) is 0 Å². The molecule has 0 aliphatic rings. The van der Waals surface area contributed by atoms with Gasteiger partial charge in [-0.2, -0.15) is 0 Å². The largest absolute Gasteiger partial charge is 1.00 e. The van der Waals surface area contributed by atoms with E-state index < -0.39 is 0 Å². The van der Waals surface area contributed by atoms with Crippen LogP contribution < -0.4 is 59.0 Å². The molecule has 0 saturated carbocycles. The third kappa shape index (κ3) is 26.3. The molecule has 0 fully saturated rings. The van der Waals surface area contributed by atoms with E-state index in [1.807, 2.05) is 7.05 Å². The van der Waals surface area contributed by atoms with Crippen molar-refractivity contribution in [3.05, 3.63) is 0 Å². The van der Waals surface area contributed by atoms with Crippen LogP contribution in [0.1, 0.15) is 7.43 Å². The van der Waals surface area contributed by atoms with Gasteiger partial charge in [0.2, 0.25) is 0 Å². The second-order valence-corrected chi connectivity index (χ2v) is 1.05. The quantitative estimate of drug-likeness (QED) is 0.467. The molecule has 0 saturated heterocycles. The normalized spacial score (nSPS) is 5.25. The molecule has 8 heavy (non-hydrogen) atoms. The van der Waals surface area contributed by atoms with Crippen LogP contribution in [0.25, 0.3) is 0 Å². The first-order chi connectivity index (χ1) is 2.41. The molecule has 0 aromatic carbocycles. The molecule has 56 valence electrons. The molecule has 0 amide bonds. The molecular formula is C4H16I2N2. The Kier molecular flexibility index (Phi) is 67.7. The second-order valence-electron chi connectivity index (χ2n) is 1.05. The highest BCUT2D eigenvalue weighted by atomic mass is 127. The number of quaternary nitrogens is 2. The van der Waals surface area contributed by atoms with Crippen molar-refractivity contribution in [1.82, 2.24) is 0 Å². The lowest BCUT2D eigenvalue weighted by Gasteiger charge is -1.79. The summed E-state index contributed by atoms with van der Waals surface area (Å²) >= 11 is 0. The monoisotopic (exact) mass is 346 g/mol. The van der Waals surface area contributed by atoms with Gasteiger partial charge in [0.15, 0.2) is 0 Å². The second kappa shape index (κ2) is 23.8. The fraction of sp³-hybridized carbons (Fsp3) is 1.00. The van der Waals surface area contributed by atoms with Gasteiger partial charge in [-0.05, 0) is 0 Å². The Morgan fingerprint density at radius 2 is 1.75 bits per heavy atom. The molecule has 0 bridgehead atoms. The first-order valence-corrected chi connectivity index (χ1v) is 1.99. The summed E-state index contributed by atoms with van der Waals surface area (Å²) in [5, 5.41) is 2.12. The number of hydrogen-bond donors (Lipinski definition) is 2. The van der Waals surface area contributed by atoms with Gasteiger partial charge in [0, 0.05) is 0 Å². The Bertz CT molecular complexity index is 19.5. The van der Waals surface area contributed by atoms with Crippen molar-refractivity contribution < 1.29 is 59.0 Å². The molecule has 0 atom stereocenters. The molecule has 0 radical (unpaired) electrons. The van der Waals surface area contributed by atoms with Gasteiger partial charge >= 0.3 is 0 Å². The van der Waals surface area contributed by atoms with Crippen LogP contribution in [-0.4, -0.2) is 20.1 Å². The lowest BCUT2D eigenvalue weighted by atomic mass is 10.7. The molecule has 0 heterocycles. The van der Waals surface area contributed by atoms with Crippen LogP contribution in [0, 0.1) is 0 Å². The molecule has 2 nitrogen and oxygen atoms in total. The Hall–Kier alpha value is 1.38. The Morgan fingerprint density at radius 3 is 1.75 bits per heavy atom. The van der Waals surface area contributed by atoms with Crippen LogP contribution in [-0.2, 0) is 0 Å². The number of likely N-dealkylation sites (N-methyl/N-ethyl adjacent to an activating group) is 1. The maximum Gasteiger partial charge on any atom is 0.125 e. The van der Waals surface area contributed by atoms with Crippen molar-refractivity contribution in [2.75, 3.05) is 20.1 Å². The van der Waals surface area contributed by atoms with Crippen LogP contribution in [0.5, 0.6) is 0 Å². The van der Waals surface area contributed by atoms with Crippen molar-refractivity contribution >= 4 is 0 Å². The predicted molar refractivity (Wildman–Crippen MR) is 27.2 cm³/mol. The maximum absolute atomic E-state index is 3.64. The van der Waals surface area contributed by atoms with Gasteiger partial charge < -0.3 is 59.0 Å². The zero-order chi connectivity index (χ0) is 4.12. The molecule has 0 spiro atoms. The van der Waals surface area contributed by atoms with Crippen LogP contribution in [0.2, 0.25) is 0 Å². The van der Waals surface area contributed by atoms with Crippen LogP contribution in [0.3, 0.4) is 0 Å². The van der Waals surface area contributed by atoms with E-state index in [-0.39, 0.29) is 55.4 Å². The summed E-state index contributed by atoms with van der Waals surface area (Å²) < 4.78 is 0. The van der Waals surface area contributed by atoms with Crippen molar-refractivity contribution in [1.29, 1.82) is 0 Å². The van der Waals surface area contributed by atoms with E-state index in [2.05, 4.69) is 11.1 Å². The summed E-state index contributed by atoms with van der Waals surface area (Å²) in [5.41, 5.74) is 3.64. The van der Waals surface area contributed by atoms with Gasteiger partial charge in [-0.15, -0.1) is 0 Å². The average Bonchev–Trinajstić information content (AvgIpc) is 1.41. The molecule has 4 heteroatoms. The van der Waals surface area contributed by atoms with E-state index >= 15 is 0 Å². The number of hydrogen-bond acceptors (Lipinski definition) is 0. The van der Waals surface area contributed by atoms with E-state index in [0.29, 0.717) is 0 Å². The van der Waals surface area contributed by atoms with E-state index in [0.717, 1.165) is 13.1 Å².